The molecule has 0 aromatic carbocycles. The van der Waals surface area contributed by atoms with E-state index in [1.54, 1.807) is 0 Å². The van der Waals surface area contributed by atoms with Crippen molar-refractivity contribution in [3.05, 3.63) is 105 Å². The van der Waals surface area contributed by atoms with Crippen LogP contribution in [0.5, 0.6) is 0 Å². The van der Waals surface area contributed by atoms with Crippen molar-refractivity contribution in [1.82, 2.24) is 58.1 Å². The molecule has 24 bridgehead atoms. The summed E-state index contributed by atoms with van der Waals surface area (Å²) in [6.45, 7) is 14.1. The van der Waals surface area contributed by atoms with Gasteiger partial charge in [0, 0.05) is 32.5 Å². The third-order valence-electron chi connectivity index (χ3n) is 35.6. The van der Waals surface area contributed by atoms with Crippen LogP contribution < -0.4 is 0 Å². The van der Waals surface area contributed by atoms with E-state index in [1.807, 2.05) is 0 Å². The maximum Gasteiger partial charge on any atom is 2.00 e. The Bertz CT molecular complexity index is 4100. The van der Waals surface area contributed by atoms with Gasteiger partial charge in [0.1, 0.15) is 0 Å². The van der Waals surface area contributed by atoms with Crippen LogP contribution in [0.15, 0.2) is 36.4 Å². The molecule has 24 aliphatic carbocycles. The Labute approximate surface area is 701 Å². The first kappa shape index (κ1) is 81.5. The molecular weight excluding hydrogens is 1610 g/mol. The first-order valence-corrected chi connectivity index (χ1v) is 47.5. The molecule has 30 heteroatoms. The van der Waals surface area contributed by atoms with Gasteiger partial charge in [-0.2, -0.15) is 26.3 Å². The molecule has 0 spiro atoms. The Hall–Kier alpha value is -4.20. The van der Waals surface area contributed by atoms with E-state index >= 15 is 0 Å². The summed E-state index contributed by atoms with van der Waals surface area (Å²) in [4.78, 5) is 0. The average Bonchev–Trinajstić information content (AvgIpc) is 1.56. The van der Waals surface area contributed by atoms with Gasteiger partial charge in [-0.25, -0.2) is 47.4 Å². The van der Waals surface area contributed by atoms with Gasteiger partial charge in [0.25, 0.3) is 0 Å². The normalized spacial score (nSPS) is 40.8. The molecule has 6 aromatic heterocycles. The number of hydrogen-bond acceptors (Lipinski definition) is 12. The Kier molecular flexibility index (Phi) is 19.8. The van der Waals surface area contributed by atoms with Crippen LogP contribution in [-0.4, -0.2) is 109 Å². The SMILES string of the molecule is Cc1cc(C23CC4CC(CC(C4)C2)C3)nn1[BH-](n1nc(C23CC4CC(CC(C4)C2)C3)cc1C)n1nc(C23CC4CC(CC(C4)C2)C3)cc1C.Cc1cc(C23CC4CC(CC(C4)C2)C3)nn1[BH-](n1nc(C23CC4CC(CC(C4)C2)C3)cc1C)n1nc(C23CC4CC(CC(C4)C2)C3)cc1C.O=S(=O)([O-])C(F)(F)F.O=S(=O)([O-])C(F)(F)F.[Co+2].[Co+2]. The minimum absolute atomic E-state index is 0. The van der Waals surface area contributed by atoms with Crippen LogP contribution in [0, 0.1) is 148 Å². The first-order chi connectivity index (χ1) is 53.9. The Balaban J connectivity index is 0.000000129. The fraction of sp³-hybridized carbons (Fsp3) is 0.791. The maximum absolute atomic E-state index is 10.7. The number of hydrogen-bond donors (Lipinski definition) is 0. The molecule has 0 aliphatic heterocycles. The summed E-state index contributed by atoms with van der Waals surface area (Å²) in [5.74, 6) is 16.6. The van der Waals surface area contributed by atoms with Crippen LogP contribution in [0.1, 0.15) is 299 Å². The molecule has 0 unspecified atom stereocenters. The largest absolute Gasteiger partial charge is 2.00 e. The summed E-state index contributed by atoms with van der Waals surface area (Å²) in [5, 5.41) is 34.6. The van der Waals surface area contributed by atoms with Crippen molar-refractivity contribution in [2.24, 2.45) is 107 Å². The molecule has 2 radical (unpaired) electrons. The number of aryl methyl sites for hydroxylation is 6. The van der Waals surface area contributed by atoms with E-state index in [9.17, 15) is 26.3 Å². The fourth-order valence-electron chi connectivity index (χ4n) is 33.6. The molecule has 24 aliphatic rings. The minimum atomic E-state index is -6.09. The summed E-state index contributed by atoms with van der Waals surface area (Å²) in [6.07, 6.45) is 51.2. The van der Waals surface area contributed by atoms with Crippen LogP contribution in [-0.2, 0) is 86.3 Å². The van der Waals surface area contributed by atoms with Crippen molar-refractivity contribution in [3.63, 3.8) is 0 Å². The van der Waals surface area contributed by atoms with Gasteiger partial charge in [-0.1, -0.05) is 0 Å². The molecule has 0 saturated heterocycles. The molecule has 6 aromatic rings. The van der Waals surface area contributed by atoms with Gasteiger partial charge < -0.3 is 36.7 Å². The number of aromatic nitrogens is 12. The smallest absolute Gasteiger partial charge is 0.741 e. The van der Waals surface area contributed by atoms with Crippen molar-refractivity contribution in [1.29, 1.82) is 0 Å². The van der Waals surface area contributed by atoms with Crippen molar-refractivity contribution in [3.8, 4) is 0 Å². The Morgan fingerprint density at radius 1 is 0.267 bits per heavy atom. The van der Waals surface area contributed by atoms with E-state index in [0.717, 1.165) is 107 Å². The molecule has 30 rings (SSSR count). The zero-order valence-corrected chi connectivity index (χ0v) is 72.0. The van der Waals surface area contributed by atoms with Crippen molar-refractivity contribution >= 4 is 34.5 Å². The second-order valence-corrected chi connectivity index (χ2v) is 46.6. The van der Waals surface area contributed by atoms with Gasteiger partial charge in [0.05, 0.1) is 34.2 Å². The van der Waals surface area contributed by atoms with E-state index in [4.69, 9.17) is 56.5 Å². The topological polar surface area (TPSA) is 221 Å². The summed E-state index contributed by atoms with van der Waals surface area (Å²) in [5.41, 5.74) is 6.73. The standard InChI is InChI=1S/2C42H58BN6.2CHF3O3S.2Co/c2*1-25-4-37(40-16-28-7-29(17-40)9-30(8-28)18-40)44-47(25)43(48-26(2)5-38(45-48)41-19-31-10-32(20-41)12-33(11-31)21-41)49-27(3)6-39(46-49)42-22-34-13-35(23-42)15-36(14-34)24-42;2*2-1(3,4)8(5,6)7;;/h2*4-6,28-36,43H,7-24H2,1-3H3;2*(H,5,6,7);;/q2*-1;;;2*+2/p-2. The monoisotopic (exact) mass is 1730 g/mol. The number of rotatable bonds is 12. The molecular formula is C86H116B2Co2F6N12O6S2. The van der Waals surface area contributed by atoms with Gasteiger partial charge in [-0.15, -0.1) is 0 Å². The molecule has 24 fully saturated rings. The van der Waals surface area contributed by atoms with E-state index in [-0.39, 0.29) is 33.6 Å². The van der Waals surface area contributed by atoms with Crippen LogP contribution in [0.2, 0.25) is 0 Å². The van der Waals surface area contributed by atoms with Crippen LogP contribution >= 0.6 is 0 Å². The summed E-state index contributed by atoms with van der Waals surface area (Å²) in [7, 11) is -15.0. The van der Waals surface area contributed by atoms with Gasteiger partial charge in [-0.3, -0.25) is 0 Å². The second-order valence-electron chi connectivity index (χ2n) is 43.9. The fourth-order valence-corrected chi connectivity index (χ4v) is 33.6. The van der Waals surface area contributed by atoms with E-state index in [2.05, 4.69) is 105 Å². The Morgan fingerprint density at radius 3 is 0.448 bits per heavy atom. The number of alkyl halides is 6. The predicted molar refractivity (Wildman–Crippen MR) is 419 cm³/mol. The van der Waals surface area contributed by atoms with Gasteiger partial charge in [-0.05, 0) is 450 Å². The van der Waals surface area contributed by atoms with Gasteiger partial charge >= 0.3 is 58.8 Å². The van der Waals surface area contributed by atoms with Crippen molar-refractivity contribution < 1.29 is 85.8 Å². The van der Waals surface area contributed by atoms with Crippen molar-refractivity contribution in [2.75, 3.05) is 0 Å². The quantitative estimate of drug-likeness (QED) is 0.0483. The zero-order valence-electron chi connectivity index (χ0n) is 68.3. The van der Waals surface area contributed by atoms with E-state index in [1.165, 1.54) is 299 Å². The number of nitrogens with zero attached hydrogens (tertiary/aromatic N) is 12. The first-order valence-electron chi connectivity index (χ1n) is 44.7. The van der Waals surface area contributed by atoms with Crippen molar-refractivity contribution in [2.45, 2.75) is 316 Å². The Morgan fingerprint density at radius 2 is 0.362 bits per heavy atom. The summed E-state index contributed by atoms with van der Waals surface area (Å²) >= 11 is 0. The molecule has 0 amide bonds. The summed E-state index contributed by atoms with van der Waals surface area (Å²) in [6, 6.07) is 15.1. The van der Waals surface area contributed by atoms with Gasteiger partial charge in [0.2, 0.25) is 0 Å². The minimum Gasteiger partial charge on any atom is -0.741 e. The molecule has 0 atom stereocenters. The molecule has 116 heavy (non-hydrogen) atoms. The average molecular weight is 1730 g/mol. The van der Waals surface area contributed by atoms with Crippen LogP contribution in [0.4, 0.5) is 26.3 Å². The van der Waals surface area contributed by atoms with Crippen LogP contribution in [0.25, 0.3) is 0 Å². The van der Waals surface area contributed by atoms with E-state index < -0.39 is 45.5 Å². The molecule has 24 saturated carbocycles. The van der Waals surface area contributed by atoms with Gasteiger partial charge in [0.15, 0.2) is 20.2 Å². The van der Waals surface area contributed by atoms with Crippen LogP contribution in [0.3, 0.4) is 0 Å². The maximum atomic E-state index is 10.7. The summed E-state index contributed by atoms with van der Waals surface area (Å²) < 4.78 is 133. The second kappa shape index (κ2) is 28.2. The predicted octanol–water partition coefficient (Wildman–Crippen LogP) is 16.6. The molecule has 0 N–H and O–H groups in total. The molecule has 6 heterocycles. The third kappa shape index (κ3) is 13.7. The number of halogens is 6. The van der Waals surface area contributed by atoms with E-state index in [0.29, 0.717) is 32.5 Å². The molecule has 18 nitrogen and oxygen atoms in total. The third-order valence-corrected chi connectivity index (χ3v) is 36.7. The zero-order chi connectivity index (χ0) is 78.9. The molecule has 634 valence electrons.